The number of hydrogen-bond acceptors (Lipinski definition) is 2. The summed E-state index contributed by atoms with van der Waals surface area (Å²) in [6, 6.07) is 8.60. The summed E-state index contributed by atoms with van der Waals surface area (Å²) < 4.78 is 1.37. The molecule has 0 aliphatic heterocycles. The number of nitrogens with zero attached hydrogens (tertiary/aromatic N) is 1. The maximum absolute atomic E-state index is 12.1. The molecule has 1 amide bonds. The Morgan fingerprint density at radius 2 is 2.06 bits per heavy atom. The van der Waals surface area contributed by atoms with Gasteiger partial charge in [0.1, 0.15) is 4.60 Å². The van der Waals surface area contributed by atoms with E-state index < -0.39 is 0 Å². The molecule has 0 aliphatic carbocycles. The van der Waals surface area contributed by atoms with Crippen LogP contribution in [-0.4, -0.2) is 10.9 Å². The molecule has 1 N–H and O–H groups in total. The summed E-state index contributed by atoms with van der Waals surface area (Å²) in [6.45, 7) is 0. The minimum absolute atomic E-state index is 0.282. The molecule has 2 aromatic rings. The fourth-order valence-corrected chi connectivity index (χ4v) is 2.25. The minimum Gasteiger partial charge on any atom is -0.320 e. The molecule has 2 rings (SSSR count). The molecule has 1 aromatic carbocycles. The molecule has 3 nitrogen and oxygen atoms in total. The van der Waals surface area contributed by atoms with Crippen molar-refractivity contribution in [1.82, 2.24) is 4.98 Å². The first kappa shape index (κ1) is 13.5. The van der Waals surface area contributed by atoms with E-state index in [4.69, 9.17) is 11.6 Å². The Hall–Kier alpha value is -0.910. The predicted molar refractivity (Wildman–Crippen MR) is 79.0 cm³/mol. The van der Waals surface area contributed by atoms with E-state index in [1.54, 1.807) is 36.5 Å². The summed E-state index contributed by atoms with van der Waals surface area (Å²) in [5, 5.41) is 3.14. The van der Waals surface area contributed by atoms with Crippen LogP contribution in [0, 0.1) is 0 Å². The number of anilines is 1. The molecule has 0 spiro atoms. The quantitative estimate of drug-likeness (QED) is 0.767. The summed E-state index contributed by atoms with van der Waals surface area (Å²) in [5.74, 6) is -0.282. The van der Waals surface area contributed by atoms with Gasteiger partial charge in [-0.3, -0.25) is 4.79 Å². The second-order valence-corrected chi connectivity index (χ2v) is 5.49. The van der Waals surface area contributed by atoms with Gasteiger partial charge in [-0.2, -0.15) is 0 Å². The van der Waals surface area contributed by atoms with Gasteiger partial charge >= 0.3 is 0 Å². The summed E-state index contributed by atoms with van der Waals surface area (Å²) >= 11 is 12.6. The highest BCUT2D eigenvalue weighted by atomic mass is 79.9. The summed E-state index contributed by atoms with van der Waals surface area (Å²) in [6.07, 6.45) is 1.63. The van der Waals surface area contributed by atoms with Gasteiger partial charge in [-0.15, -0.1) is 0 Å². The average Bonchev–Trinajstić information content (AvgIpc) is 2.35. The van der Waals surface area contributed by atoms with Gasteiger partial charge in [-0.05, 0) is 46.3 Å². The van der Waals surface area contributed by atoms with Crippen molar-refractivity contribution < 1.29 is 4.79 Å². The van der Waals surface area contributed by atoms with E-state index in [0.717, 1.165) is 4.47 Å². The summed E-state index contributed by atoms with van der Waals surface area (Å²) in [7, 11) is 0. The van der Waals surface area contributed by atoms with Gasteiger partial charge in [-0.25, -0.2) is 4.98 Å². The highest BCUT2D eigenvalue weighted by molar-refractivity contribution is 9.10. The molecule has 0 radical (unpaired) electrons. The molecule has 0 bridgehead atoms. The van der Waals surface area contributed by atoms with Gasteiger partial charge in [0.25, 0.3) is 5.91 Å². The zero-order valence-electron chi connectivity index (χ0n) is 8.95. The normalized spacial score (nSPS) is 10.2. The third-order valence-corrected chi connectivity index (χ3v) is 3.64. The monoisotopic (exact) mass is 388 g/mol. The van der Waals surface area contributed by atoms with E-state index in [9.17, 15) is 4.79 Å². The van der Waals surface area contributed by atoms with Crippen LogP contribution in [0.1, 0.15) is 10.4 Å². The number of carbonyl (C=O) groups excluding carboxylic acids is 1. The molecule has 1 heterocycles. The van der Waals surface area contributed by atoms with Gasteiger partial charge in [0.2, 0.25) is 0 Å². The zero-order chi connectivity index (χ0) is 13.1. The zero-order valence-corrected chi connectivity index (χ0v) is 12.9. The standard InChI is InChI=1S/C12H7Br2ClN2O/c13-7-3-4-9(15)8(6-7)12(18)17-10-2-1-5-16-11(10)14/h1-6H,(H,17,18). The topological polar surface area (TPSA) is 42.0 Å². The Labute approximate surface area is 126 Å². The van der Waals surface area contributed by atoms with Crippen molar-refractivity contribution in [3.63, 3.8) is 0 Å². The number of carbonyl (C=O) groups is 1. The van der Waals surface area contributed by atoms with Gasteiger partial charge in [0.15, 0.2) is 0 Å². The number of benzene rings is 1. The summed E-state index contributed by atoms with van der Waals surface area (Å²) in [4.78, 5) is 16.1. The van der Waals surface area contributed by atoms with Gasteiger partial charge < -0.3 is 5.32 Å². The first-order valence-electron chi connectivity index (χ1n) is 4.95. The van der Waals surface area contributed by atoms with Crippen LogP contribution in [0.3, 0.4) is 0 Å². The number of amides is 1. The van der Waals surface area contributed by atoms with Crippen LogP contribution in [0.25, 0.3) is 0 Å². The second kappa shape index (κ2) is 5.82. The van der Waals surface area contributed by atoms with Gasteiger partial charge in [0.05, 0.1) is 16.3 Å². The number of hydrogen-bond donors (Lipinski definition) is 1. The first-order valence-corrected chi connectivity index (χ1v) is 6.91. The van der Waals surface area contributed by atoms with Crippen molar-refractivity contribution in [2.45, 2.75) is 0 Å². The van der Waals surface area contributed by atoms with Crippen molar-refractivity contribution in [3.05, 3.63) is 56.2 Å². The lowest BCUT2D eigenvalue weighted by molar-refractivity contribution is 0.102. The molecular weight excluding hydrogens is 383 g/mol. The highest BCUT2D eigenvalue weighted by Gasteiger charge is 2.12. The molecule has 0 unspecified atom stereocenters. The Morgan fingerprint density at radius 1 is 1.28 bits per heavy atom. The van der Waals surface area contributed by atoms with Gasteiger partial charge in [0, 0.05) is 10.7 Å². The summed E-state index contributed by atoms with van der Waals surface area (Å²) in [5.41, 5.74) is 1.00. The number of aromatic nitrogens is 1. The number of pyridine rings is 1. The van der Waals surface area contributed by atoms with E-state index in [2.05, 4.69) is 42.2 Å². The smallest absolute Gasteiger partial charge is 0.257 e. The maximum Gasteiger partial charge on any atom is 0.257 e. The lowest BCUT2D eigenvalue weighted by Crippen LogP contribution is -2.13. The molecule has 92 valence electrons. The van der Waals surface area contributed by atoms with Crippen LogP contribution in [-0.2, 0) is 0 Å². The van der Waals surface area contributed by atoms with Gasteiger partial charge in [-0.1, -0.05) is 27.5 Å². The predicted octanol–water partition coefficient (Wildman–Crippen LogP) is 4.51. The number of rotatable bonds is 2. The van der Waals surface area contributed by atoms with Crippen LogP contribution < -0.4 is 5.32 Å². The Balaban J connectivity index is 2.28. The van der Waals surface area contributed by atoms with Crippen LogP contribution in [0.15, 0.2) is 45.6 Å². The molecule has 0 aliphatic rings. The van der Waals surface area contributed by atoms with Crippen LogP contribution in [0.5, 0.6) is 0 Å². The SMILES string of the molecule is O=C(Nc1cccnc1Br)c1cc(Br)ccc1Cl. The Kier molecular flexibility index (Phi) is 4.37. The third-order valence-electron chi connectivity index (χ3n) is 2.18. The maximum atomic E-state index is 12.1. The molecule has 6 heteroatoms. The highest BCUT2D eigenvalue weighted by Crippen LogP contribution is 2.24. The van der Waals surface area contributed by atoms with E-state index in [-0.39, 0.29) is 5.91 Å². The van der Waals surface area contributed by atoms with Crippen molar-refractivity contribution in [2.75, 3.05) is 5.32 Å². The molecule has 18 heavy (non-hydrogen) atoms. The van der Waals surface area contributed by atoms with E-state index in [0.29, 0.717) is 20.9 Å². The first-order chi connectivity index (χ1) is 8.58. The molecule has 1 aromatic heterocycles. The fraction of sp³-hybridized carbons (Fsp3) is 0. The number of nitrogens with one attached hydrogen (secondary N) is 1. The number of halogens is 3. The van der Waals surface area contributed by atoms with Crippen molar-refractivity contribution in [1.29, 1.82) is 0 Å². The molecule has 0 saturated heterocycles. The Morgan fingerprint density at radius 3 is 2.78 bits per heavy atom. The van der Waals surface area contributed by atoms with Crippen molar-refractivity contribution in [2.24, 2.45) is 0 Å². The van der Waals surface area contributed by atoms with Crippen LogP contribution in [0.4, 0.5) is 5.69 Å². The lowest BCUT2D eigenvalue weighted by atomic mass is 10.2. The average molecular weight is 390 g/mol. The molecule has 0 saturated carbocycles. The lowest BCUT2D eigenvalue weighted by Gasteiger charge is -2.08. The molecule has 0 atom stereocenters. The third kappa shape index (κ3) is 3.10. The second-order valence-electron chi connectivity index (χ2n) is 3.42. The largest absolute Gasteiger partial charge is 0.320 e. The van der Waals surface area contributed by atoms with E-state index in [1.165, 1.54) is 0 Å². The molecular formula is C12H7Br2ClN2O. The van der Waals surface area contributed by atoms with Crippen molar-refractivity contribution >= 4 is 55.1 Å². The molecule has 0 fully saturated rings. The van der Waals surface area contributed by atoms with E-state index >= 15 is 0 Å². The van der Waals surface area contributed by atoms with Crippen LogP contribution in [0.2, 0.25) is 5.02 Å². The fourth-order valence-electron chi connectivity index (χ4n) is 1.34. The van der Waals surface area contributed by atoms with Crippen molar-refractivity contribution in [3.8, 4) is 0 Å². The minimum atomic E-state index is -0.282. The Bertz CT molecular complexity index is 604. The van der Waals surface area contributed by atoms with E-state index in [1.807, 2.05) is 0 Å². The van der Waals surface area contributed by atoms with Crippen LogP contribution >= 0.6 is 43.5 Å².